The first-order valence-corrected chi connectivity index (χ1v) is 12.9. The number of pyridine rings is 2. The standard InChI is InChI=1S/C17H20Cl2N4O3S3/c18-13-3-1-5-21-15(13)11-27-9-7-23(17(20)29(24,25)26)8-10-28-12-16-14(19)4-2-6-22-16/h1-6,20H,7-12H2,(H,24,25,26). The Labute approximate surface area is 188 Å². The van der Waals surface area contributed by atoms with Crippen LogP contribution in [0.5, 0.6) is 0 Å². The molecule has 0 aliphatic carbocycles. The van der Waals surface area contributed by atoms with Crippen molar-refractivity contribution in [2.75, 3.05) is 24.6 Å². The molecule has 0 radical (unpaired) electrons. The van der Waals surface area contributed by atoms with E-state index in [1.165, 1.54) is 28.4 Å². The van der Waals surface area contributed by atoms with Crippen LogP contribution in [0, 0.1) is 5.41 Å². The summed E-state index contributed by atoms with van der Waals surface area (Å²) in [5.74, 6) is 2.22. The lowest BCUT2D eigenvalue weighted by Gasteiger charge is -2.23. The lowest BCUT2D eigenvalue weighted by Crippen LogP contribution is -2.38. The van der Waals surface area contributed by atoms with Crippen LogP contribution in [-0.2, 0) is 21.6 Å². The second kappa shape index (κ2) is 12.0. The third kappa shape index (κ3) is 8.31. The second-order valence-corrected chi connectivity index (χ2v) is 10.1. The van der Waals surface area contributed by atoms with Crippen molar-refractivity contribution < 1.29 is 13.0 Å². The van der Waals surface area contributed by atoms with Crippen LogP contribution < -0.4 is 0 Å². The molecule has 29 heavy (non-hydrogen) atoms. The highest BCUT2D eigenvalue weighted by molar-refractivity contribution is 8.01. The zero-order valence-electron chi connectivity index (χ0n) is 15.3. The van der Waals surface area contributed by atoms with E-state index in [0.29, 0.717) is 46.1 Å². The SMILES string of the molecule is N=C(N(CCSCc1ncccc1Cl)CCSCc1ncccc1Cl)S(=O)(=O)O. The lowest BCUT2D eigenvalue weighted by molar-refractivity contribution is 0.451. The highest BCUT2D eigenvalue weighted by atomic mass is 35.5. The highest BCUT2D eigenvalue weighted by Gasteiger charge is 2.21. The molecule has 0 spiro atoms. The van der Waals surface area contributed by atoms with Gasteiger partial charge in [0, 0.05) is 48.5 Å². The Kier molecular flexibility index (Phi) is 10.0. The Balaban J connectivity index is 1.84. The van der Waals surface area contributed by atoms with E-state index >= 15 is 0 Å². The molecule has 0 aromatic carbocycles. The maximum Gasteiger partial charge on any atom is 0.327 e. The fraction of sp³-hybridized carbons (Fsp3) is 0.353. The number of hydrogen-bond donors (Lipinski definition) is 2. The zero-order valence-corrected chi connectivity index (χ0v) is 19.3. The van der Waals surface area contributed by atoms with E-state index in [2.05, 4.69) is 9.97 Å². The normalized spacial score (nSPS) is 11.4. The molecular weight excluding hydrogens is 475 g/mol. The van der Waals surface area contributed by atoms with Gasteiger partial charge in [-0.15, -0.1) is 0 Å². The summed E-state index contributed by atoms with van der Waals surface area (Å²) in [4.78, 5) is 9.75. The van der Waals surface area contributed by atoms with Crippen molar-refractivity contribution in [2.24, 2.45) is 0 Å². The van der Waals surface area contributed by atoms with Gasteiger partial charge in [-0.25, -0.2) is 0 Å². The molecule has 0 bridgehead atoms. The monoisotopic (exact) mass is 494 g/mol. The number of amidine groups is 1. The molecule has 2 heterocycles. The van der Waals surface area contributed by atoms with Gasteiger partial charge < -0.3 is 4.90 Å². The van der Waals surface area contributed by atoms with Gasteiger partial charge in [0.2, 0.25) is 5.17 Å². The van der Waals surface area contributed by atoms with Crippen LogP contribution in [0.1, 0.15) is 11.4 Å². The van der Waals surface area contributed by atoms with Crippen molar-refractivity contribution in [2.45, 2.75) is 11.5 Å². The first-order valence-electron chi connectivity index (χ1n) is 8.44. The first-order chi connectivity index (χ1) is 13.8. The van der Waals surface area contributed by atoms with E-state index in [4.69, 9.17) is 28.6 Å². The van der Waals surface area contributed by atoms with Crippen molar-refractivity contribution >= 4 is 62.0 Å². The molecule has 0 saturated heterocycles. The van der Waals surface area contributed by atoms with Crippen molar-refractivity contribution in [3.05, 3.63) is 58.1 Å². The van der Waals surface area contributed by atoms with Gasteiger partial charge in [-0.3, -0.25) is 19.9 Å². The molecule has 2 aromatic rings. The topological polar surface area (TPSA) is 107 Å². The molecule has 2 aromatic heterocycles. The fourth-order valence-electron chi connectivity index (χ4n) is 2.21. The molecule has 0 saturated carbocycles. The van der Waals surface area contributed by atoms with Gasteiger partial charge in [0.1, 0.15) is 0 Å². The van der Waals surface area contributed by atoms with Crippen molar-refractivity contribution in [3.8, 4) is 0 Å². The Morgan fingerprint density at radius 3 is 1.83 bits per heavy atom. The molecule has 158 valence electrons. The third-order valence-corrected chi connectivity index (χ3v) is 7.02. The molecule has 0 aliphatic heterocycles. The summed E-state index contributed by atoms with van der Waals surface area (Å²) in [6.45, 7) is 0.581. The summed E-state index contributed by atoms with van der Waals surface area (Å²) in [6.07, 6.45) is 3.32. The van der Waals surface area contributed by atoms with Crippen molar-refractivity contribution in [1.82, 2.24) is 14.9 Å². The summed E-state index contributed by atoms with van der Waals surface area (Å²) < 4.78 is 32.0. The van der Waals surface area contributed by atoms with Crippen LogP contribution in [0.2, 0.25) is 10.0 Å². The maximum atomic E-state index is 11.4. The van der Waals surface area contributed by atoms with E-state index in [1.54, 1.807) is 36.7 Å². The van der Waals surface area contributed by atoms with Crippen LogP contribution in [0.15, 0.2) is 36.7 Å². The number of rotatable bonds is 10. The minimum Gasteiger partial charge on any atom is -0.344 e. The molecule has 0 amide bonds. The number of aromatic nitrogens is 2. The Morgan fingerprint density at radius 1 is 1.00 bits per heavy atom. The summed E-state index contributed by atoms with van der Waals surface area (Å²) in [5.41, 5.74) is 1.50. The molecule has 0 fully saturated rings. The zero-order chi connectivity index (χ0) is 21.3. The highest BCUT2D eigenvalue weighted by Crippen LogP contribution is 2.20. The van der Waals surface area contributed by atoms with Gasteiger partial charge in [0.05, 0.1) is 21.4 Å². The van der Waals surface area contributed by atoms with Gasteiger partial charge >= 0.3 is 10.1 Å². The lowest BCUT2D eigenvalue weighted by atomic mass is 10.4. The minimum atomic E-state index is -4.57. The van der Waals surface area contributed by atoms with Crippen molar-refractivity contribution in [1.29, 1.82) is 5.41 Å². The largest absolute Gasteiger partial charge is 0.344 e. The van der Waals surface area contributed by atoms with Crippen LogP contribution in [0.25, 0.3) is 0 Å². The molecular formula is C17H20Cl2N4O3S3. The second-order valence-electron chi connectivity index (χ2n) is 5.74. The van der Waals surface area contributed by atoms with Gasteiger partial charge in [-0.2, -0.15) is 31.9 Å². The predicted octanol–water partition coefficient (Wildman–Crippen LogP) is 4.07. The van der Waals surface area contributed by atoms with Gasteiger partial charge in [0.25, 0.3) is 0 Å². The molecule has 2 N–H and O–H groups in total. The summed E-state index contributed by atoms with van der Waals surface area (Å²) in [6, 6.07) is 7.02. The average molecular weight is 495 g/mol. The van der Waals surface area contributed by atoms with Gasteiger partial charge in [-0.1, -0.05) is 23.2 Å². The number of hydrogen-bond acceptors (Lipinski definition) is 7. The molecule has 0 aliphatic rings. The predicted molar refractivity (Wildman–Crippen MR) is 122 cm³/mol. The van der Waals surface area contributed by atoms with E-state index in [0.717, 1.165) is 11.4 Å². The molecule has 0 atom stereocenters. The summed E-state index contributed by atoms with van der Waals surface area (Å²) in [5, 5.41) is 8.12. The molecule has 7 nitrogen and oxygen atoms in total. The molecule has 2 rings (SSSR count). The van der Waals surface area contributed by atoms with Crippen molar-refractivity contribution in [3.63, 3.8) is 0 Å². The Morgan fingerprint density at radius 2 is 1.45 bits per heavy atom. The first kappa shape index (κ1) is 24.2. The smallest absolute Gasteiger partial charge is 0.327 e. The third-order valence-electron chi connectivity index (χ3n) is 3.69. The quantitative estimate of drug-likeness (QED) is 0.220. The molecule has 12 heteroatoms. The fourth-order valence-corrected chi connectivity index (χ4v) is 5.09. The number of nitrogens with one attached hydrogen (secondary N) is 1. The summed E-state index contributed by atoms with van der Waals surface area (Å²) >= 11 is 15.2. The number of thioether (sulfide) groups is 2. The average Bonchev–Trinajstić information content (AvgIpc) is 2.68. The van der Waals surface area contributed by atoms with Gasteiger partial charge in [-0.05, 0) is 24.3 Å². The van der Waals surface area contributed by atoms with Crippen LogP contribution in [0.3, 0.4) is 0 Å². The molecule has 0 unspecified atom stereocenters. The van der Waals surface area contributed by atoms with Crippen LogP contribution in [-0.4, -0.2) is 57.6 Å². The van der Waals surface area contributed by atoms with Gasteiger partial charge in [0.15, 0.2) is 0 Å². The van der Waals surface area contributed by atoms with E-state index in [-0.39, 0.29) is 0 Å². The Hall–Kier alpha value is -1.04. The minimum absolute atomic E-state index is 0.290. The van der Waals surface area contributed by atoms with Crippen LogP contribution in [0.4, 0.5) is 0 Å². The summed E-state index contributed by atoms with van der Waals surface area (Å²) in [7, 11) is -4.57. The maximum absolute atomic E-state index is 11.4. The van der Waals surface area contributed by atoms with E-state index in [1.807, 2.05) is 0 Å². The van der Waals surface area contributed by atoms with E-state index < -0.39 is 15.3 Å². The Bertz CT molecular complexity index is 878. The number of halogens is 2. The van der Waals surface area contributed by atoms with E-state index in [9.17, 15) is 13.0 Å². The number of nitrogens with zero attached hydrogens (tertiary/aromatic N) is 3. The van der Waals surface area contributed by atoms with Crippen LogP contribution >= 0.6 is 46.7 Å².